The molecule has 0 aromatic heterocycles. The lowest BCUT2D eigenvalue weighted by molar-refractivity contribution is -0.116. The predicted molar refractivity (Wildman–Crippen MR) is 113 cm³/mol. The molecule has 0 aliphatic heterocycles. The summed E-state index contributed by atoms with van der Waals surface area (Å²) in [5, 5.41) is 2.90. The van der Waals surface area contributed by atoms with Crippen LogP contribution in [0.15, 0.2) is 24.3 Å². The van der Waals surface area contributed by atoms with Gasteiger partial charge < -0.3 is 16.0 Å². The fraction of sp³-hybridized carbons (Fsp3) is 0.619. The first-order valence-corrected chi connectivity index (χ1v) is 9.99. The maximum absolute atomic E-state index is 12.6. The van der Waals surface area contributed by atoms with Gasteiger partial charge in [-0.05, 0) is 56.5 Å². The molecule has 1 aliphatic carbocycles. The molecule has 5 nitrogen and oxygen atoms in total. The maximum Gasteiger partial charge on any atom is 0.253 e. The van der Waals surface area contributed by atoms with Gasteiger partial charge in [0.15, 0.2) is 0 Å². The first-order valence-electron chi connectivity index (χ1n) is 9.99. The molecule has 152 valence electrons. The summed E-state index contributed by atoms with van der Waals surface area (Å²) < 4.78 is 0. The third kappa shape index (κ3) is 7.89. The first kappa shape index (κ1) is 23.4. The highest BCUT2D eigenvalue weighted by molar-refractivity contribution is 5.95. The second kappa shape index (κ2) is 12.7. The molecule has 1 fully saturated rings. The van der Waals surface area contributed by atoms with Gasteiger partial charge in [-0.15, -0.1) is 12.4 Å². The van der Waals surface area contributed by atoms with Crippen molar-refractivity contribution >= 4 is 29.9 Å². The van der Waals surface area contributed by atoms with E-state index in [0.29, 0.717) is 24.6 Å². The molecule has 6 heteroatoms. The molecule has 2 amide bonds. The summed E-state index contributed by atoms with van der Waals surface area (Å²) in [6.45, 7) is 0.715. The van der Waals surface area contributed by atoms with E-state index in [2.05, 4.69) is 5.32 Å². The molecule has 1 aromatic carbocycles. The summed E-state index contributed by atoms with van der Waals surface area (Å²) in [6.07, 6.45) is 10.4. The van der Waals surface area contributed by atoms with E-state index < -0.39 is 0 Å². The van der Waals surface area contributed by atoms with Crippen LogP contribution in [-0.2, 0) is 4.79 Å². The van der Waals surface area contributed by atoms with E-state index in [-0.39, 0.29) is 24.2 Å². The number of hydrogen-bond acceptors (Lipinski definition) is 3. The lowest BCUT2D eigenvalue weighted by atomic mass is 9.94. The highest BCUT2D eigenvalue weighted by Gasteiger charge is 2.22. The highest BCUT2D eigenvalue weighted by atomic mass is 35.5. The van der Waals surface area contributed by atoms with Gasteiger partial charge >= 0.3 is 0 Å². The van der Waals surface area contributed by atoms with Gasteiger partial charge in [0.05, 0.1) is 0 Å². The van der Waals surface area contributed by atoms with Crippen molar-refractivity contribution in [1.29, 1.82) is 0 Å². The number of halogens is 1. The molecule has 0 atom stereocenters. The summed E-state index contributed by atoms with van der Waals surface area (Å²) in [7, 11) is 1.90. The number of nitrogens with zero attached hydrogens (tertiary/aromatic N) is 1. The second-order valence-corrected chi connectivity index (χ2v) is 7.29. The van der Waals surface area contributed by atoms with Crippen molar-refractivity contribution in [3.63, 3.8) is 0 Å². The molecule has 0 heterocycles. The minimum Gasteiger partial charge on any atom is -0.339 e. The molecule has 1 aromatic rings. The third-order valence-electron chi connectivity index (χ3n) is 5.22. The van der Waals surface area contributed by atoms with E-state index in [0.717, 1.165) is 44.2 Å². The Balaban J connectivity index is 0.00000364. The summed E-state index contributed by atoms with van der Waals surface area (Å²) in [4.78, 5) is 26.5. The number of amides is 2. The van der Waals surface area contributed by atoms with Crippen LogP contribution in [0.3, 0.4) is 0 Å². The average Bonchev–Trinajstić information content (AvgIpc) is 2.68. The number of carbonyl (C=O) groups excluding carboxylic acids is 2. The fourth-order valence-electron chi connectivity index (χ4n) is 3.54. The van der Waals surface area contributed by atoms with Crippen LogP contribution in [0.4, 0.5) is 5.69 Å². The largest absolute Gasteiger partial charge is 0.339 e. The van der Waals surface area contributed by atoms with Crippen molar-refractivity contribution in [3.8, 4) is 0 Å². The third-order valence-corrected chi connectivity index (χ3v) is 5.22. The van der Waals surface area contributed by atoms with Crippen molar-refractivity contribution in [1.82, 2.24) is 4.90 Å². The molecule has 27 heavy (non-hydrogen) atoms. The SMILES string of the molecule is CN(C(=O)c1ccc(NC(=O)CCCCCCN)cc1)C1CCCCC1.Cl. The molecular formula is C21H34ClN3O2. The minimum atomic E-state index is 0. The zero-order valence-electron chi connectivity index (χ0n) is 16.4. The first-order chi connectivity index (χ1) is 12.6. The summed E-state index contributed by atoms with van der Waals surface area (Å²) in [6, 6.07) is 7.59. The van der Waals surface area contributed by atoms with Crippen molar-refractivity contribution in [2.75, 3.05) is 18.9 Å². The Morgan fingerprint density at radius 1 is 1.04 bits per heavy atom. The van der Waals surface area contributed by atoms with Gasteiger partial charge in [-0.1, -0.05) is 32.1 Å². The number of benzene rings is 1. The lowest BCUT2D eigenvalue weighted by Crippen LogP contribution is -2.38. The number of nitrogens with one attached hydrogen (secondary N) is 1. The fourth-order valence-corrected chi connectivity index (χ4v) is 3.54. The zero-order chi connectivity index (χ0) is 18.8. The van der Waals surface area contributed by atoms with Crippen LogP contribution in [0.5, 0.6) is 0 Å². The van der Waals surface area contributed by atoms with Crippen molar-refractivity contribution in [2.45, 2.75) is 70.3 Å². The van der Waals surface area contributed by atoms with E-state index in [1.165, 1.54) is 19.3 Å². The Morgan fingerprint density at radius 3 is 2.30 bits per heavy atom. The number of carbonyl (C=O) groups is 2. The average molecular weight is 396 g/mol. The molecule has 2 rings (SSSR count). The molecule has 0 saturated heterocycles. The molecular weight excluding hydrogens is 362 g/mol. The topological polar surface area (TPSA) is 75.4 Å². The number of hydrogen-bond donors (Lipinski definition) is 2. The van der Waals surface area contributed by atoms with Gasteiger partial charge in [-0.3, -0.25) is 9.59 Å². The second-order valence-electron chi connectivity index (χ2n) is 7.29. The quantitative estimate of drug-likeness (QED) is 0.610. The molecule has 0 bridgehead atoms. The molecule has 3 N–H and O–H groups in total. The zero-order valence-corrected chi connectivity index (χ0v) is 17.2. The van der Waals surface area contributed by atoms with Gasteiger partial charge in [0, 0.05) is 30.8 Å². The Labute approximate surface area is 169 Å². The van der Waals surface area contributed by atoms with Crippen LogP contribution in [-0.4, -0.2) is 36.3 Å². The number of rotatable bonds is 9. The van der Waals surface area contributed by atoms with Crippen LogP contribution in [0.25, 0.3) is 0 Å². The van der Waals surface area contributed by atoms with Crippen LogP contribution < -0.4 is 11.1 Å². The van der Waals surface area contributed by atoms with E-state index in [1.54, 1.807) is 12.1 Å². The summed E-state index contributed by atoms with van der Waals surface area (Å²) in [5.41, 5.74) is 6.88. The van der Waals surface area contributed by atoms with Crippen molar-refractivity contribution in [2.24, 2.45) is 5.73 Å². The van der Waals surface area contributed by atoms with Crippen LogP contribution >= 0.6 is 12.4 Å². The highest BCUT2D eigenvalue weighted by Crippen LogP contribution is 2.23. The smallest absolute Gasteiger partial charge is 0.253 e. The Morgan fingerprint density at radius 2 is 1.67 bits per heavy atom. The standard InChI is InChI=1S/C21H33N3O2.ClH/c1-24(19-9-5-4-6-10-19)21(26)17-12-14-18(15-13-17)23-20(25)11-7-2-3-8-16-22;/h12-15,19H,2-11,16,22H2,1H3,(H,23,25);1H. The molecule has 0 radical (unpaired) electrons. The molecule has 0 spiro atoms. The van der Waals surface area contributed by atoms with Crippen molar-refractivity contribution in [3.05, 3.63) is 29.8 Å². The van der Waals surface area contributed by atoms with Crippen LogP contribution in [0.2, 0.25) is 0 Å². The number of anilines is 1. The van der Waals surface area contributed by atoms with E-state index in [4.69, 9.17) is 5.73 Å². The Kier molecular flexibility index (Phi) is 11.1. The lowest BCUT2D eigenvalue weighted by Gasteiger charge is -2.31. The molecule has 1 saturated carbocycles. The van der Waals surface area contributed by atoms with E-state index in [1.807, 2.05) is 24.1 Å². The monoisotopic (exact) mass is 395 g/mol. The molecule has 0 unspecified atom stereocenters. The van der Waals surface area contributed by atoms with Gasteiger partial charge in [0.25, 0.3) is 5.91 Å². The van der Waals surface area contributed by atoms with Crippen molar-refractivity contribution < 1.29 is 9.59 Å². The van der Waals surface area contributed by atoms with E-state index in [9.17, 15) is 9.59 Å². The normalized spacial score (nSPS) is 14.3. The van der Waals surface area contributed by atoms with Crippen LogP contribution in [0.1, 0.15) is 74.6 Å². The Bertz CT molecular complexity index is 571. The summed E-state index contributed by atoms with van der Waals surface area (Å²) in [5.74, 6) is 0.0887. The van der Waals surface area contributed by atoms with Crippen LogP contribution in [0, 0.1) is 0 Å². The number of unbranched alkanes of at least 4 members (excludes halogenated alkanes) is 3. The Hall–Kier alpha value is -1.59. The maximum atomic E-state index is 12.6. The summed E-state index contributed by atoms with van der Waals surface area (Å²) >= 11 is 0. The van der Waals surface area contributed by atoms with E-state index >= 15 is 0 Å². The van der Waals surface area contributed by atoms with Gasteiger partial charge in [0.2, 0.25) is 5.91 Å². The van der Waals surface area contributed by atoms with Gasteiger partial charge in [0.1, 0.15) is 0 Å². The minimum absolute atomic E-state index is 0. The molecule has 1 aliphatic rings. The van der Waals surface area contributed by atoms with Gasteiger partial charge in [-0.25, -0.2) is 0 Å². The predicted octanol–water partition coefficient (Wildman–Crippen LogP) is 4.36. The number of nitrogens with two attached hydrogens (primary N) is 1. The van der Waals surface area contributed by atoms with Gasteiger partial charge in [-0.2, -0.15) is 0 Å².